The van der Waals surface area contributed by atoms with E-state index in [0.717, 1.165) is 31.8 Å². The van der Waals surface area contributed by atoms with E-state index in [1.165, 1.54) is 16.7 Å². The predicted octanol–water partition coefficient (Wildman–Crippen LogP) is 6.35. The summed E-state index contributed by atoms with van der Waals surface area (Å²) in [6.45, 7) is 7.67. The zero-order chi connectivity index (χ0) is 23.7. The summed E-state index contributed by atoms with van der Waals surface area (Å²) in [5.41, 5.74) is 3.97. The van der Waals surface area contributed by atoms with Crippen molar-refractivity contribution in [3.8, 4) is 5.75 Å². The van der Waals surface area contributed by atoms with E-state index in [0.29, 0.717) is 18.6 Å². The number of thioether (sulfide) groups is 1. The van der Waals surface area contributed by atoms with E-state index in [1.807, 2.05) is 31.6 Å². The number of rotatable bonds is 12. The molecule has 0 spiro atoms. The molecule has 0 heterocycles. The molecule has 1 unspecified atom stereocenters. The maximum atomic E-state index is 5.72. The van der Waals surface area contributed by atoms with Crippen molar-refractivity contribution in [2.75, 3.05) is 32.2 Å². The van der Waals surface area contributed by atoms with Gasteiger partial charge in [0.15, 0.2) is 0 Å². The molecule has 0 aliphatic carbocycles. The third-order valence-corrected chi connectivity index (χ3v) is 5.38. The van der Waals surface area contributed by atoms with Crippen LogP contribution in [0.5, 0.6) is 5.75 Å². The van der Waals surface area contributed by atoms with Crippen LogP contribution >= 0.6 is 11.8 Å². The molecule has 0 aliphatic heterocycles. The third-order valence-electron chi connectivity index (χ3n) is 5.38. The lowest BCUT2D eigenvalue weighted by Gasteiger charge is -2.20. The van der Waals surface area contributed by atoms with Gasteiger partial charge in [0.2, 0.25) is 0 Å². The van der Waals surface area contributed by atoms with Crippen LogP contribution in [0.2, 0.25) is 0 Å². The molecule has 2 N–H and O–H groups in total. The van der Waals surface area contributed by atoms with Crippen LogP contribution in [0.25, 0.3) is 0 Å². The van der Waals surface area contributed by atoms with Gasteiger partial charge in [0.1, 0.15) is 5.75 Å². The van der Waals surface area contributed by atoms with E-state index in [-0.39, 0.29) is 0 Å². The second-order valence-electron chi connectivity index (χ2n) is 8.10. The van der Waals surface area contributed by atoms with Crippen LogP contribution in [0.4, 0.5) is 0 Å². The minimum absolute atomic E-state index is 0.381. The molecule has 1 atom stereocenters. The summed E-state index contributed by atoms with van der Waals surface area (Å²) in [5.74, 6) is 1.39. The number of hydrogen-bond donors (Lipinski definition) is 2. The first-order valence-electron chi connectivity index (χ1n) is 11.8. The van der Waals surface area contributed by atoms with Crippen molar-refractivity contribution in [2.24, 2.45) is 0 Å². The summed E-state index contributed by atoms with van der Waals surface area (Å²) in [7, 11) is 0. The van der Waals surface area contributed by atoms with Gasteiger partial charge in [0.05, 0.1) is 6.61 Å². The van der Waals surface area contributed by atoms with E-state index in [2.05, 4.69) is 90.4 Å². The van der Waals surface area contributed by atoms with Crippen molar-refractivity contribution in [2.45, 2.75) is 38.8 Å². The summed E-state index contributed by atoms with van der Waals surface area (Å²) in [6.07, 6.45) is 5.16. The molecule has 3 nitrogen and oxygen atoms in total. The first kappa shape index (κ1) is 27.0. The Labute approximate surface area is 205 Å². The molecule has 3 aromatic rings. The molecular formula is C29H40N2OS. The van der Waals surface area contributed by atoms with Gasteiger partial charge in [-0.3, -0.25) is 0 Å². The van der Waals surface area contributed by atoms with Gasteiger partial charge < -0.3 is 15.4 Å². The first-order valence-corrected chi connectivity index (χ1v) is 13.5. The lowest BCUT2D eigenvalue weighted by molar-refractivity contribution is 0.334. The van der Waals surface area contributed by atoms with Crippen molar-refractivity contribution in [1.82, 2.24) is 10.6 Å². The molecular weight excluding hydrogens is 424 g/mol. The lowest BCUT2D eigenvalue weighted by Crippen LogP contribution is -2.36. The zero-order valence-corrected chi connectivity index (χ0v) is 21.4. The molecule has 4 heteroatoms. The topological polar surface area (TPSA) is 33.3 Å². The van der Waals surface area contributed by atoms with E-state index in [9.17, 15) is 0 Å². The van der Waals surface area contributed by atoms with Crippen LogP contribution in [-0.2, 0) is 6.54 Å². The highest BCUT2D eigenvalue weighted by molar-refractivity contribution is 7.97. The third kappa shape index (κ3) is 10.0. The van der Waals surface area contributed by atoms with Crippen LogP contribution in [0.1, 0.15) is 42.9 Å². The Bertz CT molecular complexity index is 834. The fourth-order valence-electron chi connectivity index (χ4n) is 3.76. The minimum atomic E-state index is 0.381. The first-order chi connectivity index (χ1) is 16.2. The Kier molecular flexibility index (Phi) is 13.4. The predicted molar refractivity (Wildman–Crippen MR) is 146 cm³/mol. The smallest absolute Gasteiger partial charge is 0.123 e. The molecule has 0 amide bonds. The second kappa shape index (κ2) is 16.4. The van der Waals surface area contributed by atoms with Gasteiger partial charge in [-0.05, 0) is 56.5 Å². The van der Waals surface area contributed by atoms with E-state index in [4.69, 9.17) is 4.74 Å². The van der Waals surface area contributed by atoms with E-state index >= 15 is 0 Å². The van der Waals surface area contributed by atoms with Crippen LogP contribution < -0.4 is 15.4 Å². The molecule has 0 aliphatic rings. The minimum Gasteiger partial charge on any atom is -0.494 e. The summed E-state index contributed by atoms with van der Waals surface area (Å²) in [6, 6.07) is 30.3. The monoisotopic (exact) mass is 464 g/mol. The average Bonchev–Trinajstić information content (AvgIpc) is 2.85. The number of benzene rings is 3. The number of para-hydroxylation sites is 1. The Balaban J connectivity index is 0.00000122. The number of nitrogens with one attached hydrogen (secondary N) is 2. The van der Waals surface area contributed by atoms with Crippen LogP contribution in [0.15, 0.2) is 84.9 Å². The average molecular weight is 465 g/mol. The maximum Gasteiger partial charge on any atom is 0.123 e. The molecule has 0 radical (unpaired) electrons. The highest BCUT2D eigenvalue weighted by Crippen LogP contribution is 2.27. The summed E-state index contributed by atoms with van der Waals surface area (Å²) in [4.78, 5) is 0. The lowest BCUT2D eigenvalue weighted by atomic mass is 9.88. The molecule has 0 saturated heterocycles. The second-order valence-corrected chi connectivity index (χ2v) is 8.91. The molecule has 0 aromatic heterocycles. The van der Waals surface area contributed by atoms with Crippen molar-refractivity contribution >= 4 is 11.8 Å². The molecule has 0 bridgehead atoms. The van der Waals surface area contributed by atoms with Gasteiger partial charge in [-0.2, -0.15) is 11.8 Å². The Morgan fingerprint density at radius 1 is 0.818 bits per heavy atom. The largest absolute Gasteiger partial charge is 0.494 e. The van der Waals surface area contributed by atoms with E-state index < -0.39 is 0 Å². The summed E-state index contributed by atoms with van der Waals surface area (Å²) >= 11 is 1.75. The standard InChI is InChI=1S/C27H34N2O.C2H6S/c1-3-30-27-17-11-10-16-25(27)21-29-22(2)20-28-19-18-26(23-12-6-4-7-13-23)24-14-8-5-9-15-24;1-3-2/h4-17,22,26,28-29H,3,18-21H2,1-2H3;1-2H3. The Morgan fingerprint density at radius 2 is 1.36 bits per heavy atom. The molecule has 33 heavy (non-hydrogen) atoms. The molecule has 3 rings (SSSR count). The van der Waals surface area contributed by atoms with Crippen molar-refractivity contribution < 1.29 is 4.74 Å². The Morgan fingerprint density at radius 3 is 1.94 bits per heavy atom. The van der Waals surface area contributed by atoms with Crippen molar-refractivity contribution in [3.63, 3.8) is 0 Å². The highest BCUT2D eigenvalue weighted by Gasteiger charge is 2.13. The van der Waals surface area contributed by atoms with Gasteiger partial charge in [-0.1, -0.05) is 78.9 Å². The molecule has 178 valence electrons. The SMILES string of the molecule is CCOc1ccccc1CNC(C)CNCCC(c1ccccc1)c1ccccc1.CSC. The van der Waals surface area contributed by atoms with Crippen LogP contribution in [-0.4, -0.2) is 38.2 Å². The van der Waals surface area contributed by atoms with Gasteiger partial charge in [-0.15, -0.1) is 0 Å². The van der Waals surface area contributed by atoms with Crippen LogP contribution in [0.3, 0.4) is 0 Å². The van der Waals surface area contributed by atoms with Gasteiger partial charge >= 0.3 is 0 Å². The van der Waals surface area contributed by atoms with Gasteiger partial charge in [-0.25, -0.2) is 0 Å². The molecule has 0 fully saturated rings. The molecule has 3 aromatic carbocycles. The fraction of sp³-hybridized carbons (Fsp3) is 0.379. The van der Waals surface area contributed by atoms with Crippen molar-refractivity contribution in [1.29, 1.82) is 0 Å². The highest BCUT2D eigenvalue weighted by atomic mass is 32.2. The zero-order valence-electron chi connectivity index (χ0n) is 20.6. The van der Waals surface area contributed by atoms with Crippen LogP contribution in [0, 0.1) is 0 Å². The number of ether oxygens (including phenoxy) is 1. The fourth-order valence-corrected chi connectivity index (χ4v) is 3.76. The van der Waals surface area contributed by atoms with Crippen molar-refractivity contribution in [3.05, 3.63) is 102 Å². The Hall–Kier alpha value is -2.27. The molecule has 0 saturated carbocycles. The summed E-state index contributed by atoms with van der Waals surface area (Å²) in [5, 5.41) is 7.24. The summed E-state index contributed by atoms with van der Waals surface area (Å²) < 4.78 is 5.72. The van der Waals surface area contributed by atoms with Gasteiger partial charge in [0.25, 0.3) is 0 Å². The number of hydrogen-bond acceptors (Lipinski definition) is 4. The van der Waals surface area contributed by atoms with E-state index in [1.54, 1.807) is 11.8 Å². The van der Waals surface area contributed by atoms with Gasteiger partial charge in [0, 0.05) is 30.6 Å². The normalized spacial score (nSPS) is 11.5. The maximum absolute atomic E-state index is 5.72. The quantitative estimate of drug-likeness (QED) is 0.306.